The van der Waals surface area contributed by atoms with Crippen LogP contribution in [0.15, 0.2) is 48.8 Å². The number of nitrogens with zero attached hydrogens (tertiary/aromatic N) is 2. The van der Waals surface area contributed by atoms with E-state index in [4.69, 9.17) is 0 Å². The zero-order valence-corrected chi connectivity index (χ0v) is 15.8. The molecule has 1 aliphatic heterocycles. The van der Waals surface area contributed by atoms with Crippen molar-refractivity contribution in [3.05, 3.63) is 59.9 Å². The molecule has 0 amide bonds. The Morgan fingerprint density at radius 3 is 2.67 bits per heavy atom. The monoisotopic (exact) mass is 365 g/mol. The van der Waals surface area contributed by atoms with E-state index in [2.05, 4.69) is 29.1 Å². The van der Waals surface area contributed by atoms with E-state index in [1.807, 2.05) is 36.4 Å². The Bertz CT molecular complexity index is 781. The molecule has 0 aliphatic carbocycles. The lowest BCUT2D eigenvalue weighted by atomic mass is 10.0. The second-order valence-corrected chi connectivity index (χ2v) is 7.07. The van der Waals surface area contributed by atoms with Crippen molar-refractivity contribution in [2.75, 3.05) is 20.1 Å². The average molecular weight is 365 g/mol. The number of aromatic nitrogens is 1. The molecule has 0 spiro atoms. The average Bonchev–Trinajstić information content (AvgIpc) is 3.22. The first-order valence-electron chi connectivity index (χ1n) is 9.50. The number of carboxylic acids is 1. The van der Waals surface area contributed by atoms with Crippen LogP contribution in [0.3, 0.4) is 0 Å². The van der Waals surface area contributed by atoms with Crippen molar-refractivity contribution in [3.8, 4) is 11.8 Å². The molecule has 2 atom stereocenters. The highest BCUT2D eigenvalue weighted by Gasteiger charge is 2.19. The zero-order valence-electron chi connectivity index (χ0n) is 15.8. The summed E-state index contributed by atoms with van der Waals surface area (Å²) in [7, 11) is 2.11. The zero-order chi connectivity index (χ0) is 19.1. The normalized spacial score (nSPS) is 17.9. The van der Waals surface area contributed by atoms with Crippen LogP contribution in [-0.2, 0) is 11.2 Å². The van der Waals surface area contributed by atoms with Crippen LogP contribution in [0.4, 0.5) is 0 Å². The predicted octanol–water partition coefficient (Wildman–Crippen LogP) is 2.74. The van der Waals surface area contributed by atoms with Crippen LogP contribution in [-0.4, -0.2) is 46.8 Å². The maximum absolute atomic E-state index is 11.6. The molecular weight excluding hydrogens is 338 g/mol. The van der Waals surface area contributed by atoms with Crippen LogP contribution in [0, 0.1) is 11.8 Å². The van der Waals surface area contributed by atoms with E-state index in [1.165, 1.54) is 19.3 Å². The summed E-state index contributed by atoms with van der Waals surface area (Å²) < 4.78 is 1.73. The first kappa shape index (κ1) is 19.2. The number of nitrogens with one attached hydrogen (secondary N) is 1. The van der Waals surface area contributed by atoms with Gasteiger partial charge in [-0.2, -0.15) is 0 Å². The lowest BCUT2D eigenvalue weighted by Gasteiger charge is -2.30. The standard InChI is InChI=1S/C22H27N3O2/c1-24(21-8-2-3-13-23-21)14-6-7-18-9-11-19(12-10-18)17-20(22(26)27)25-15-4-5-16-25/h4-5,9-12,15-16,20-21,23H,2-3,8,13-14,17H2,1H3,(H,26,27)/t20-,21?/m0/s1. The van der Waals surface area contributed by atoms with Crippen molar-refractivity contribution in [1.82, 2.24) is 14.8 Å². The van der Waals surface area contributed by atoms with Gasteiger partial charge >= 0.3 is 5.97 Å². The summed E-state index contributed by atoms with van der Waals surface area (Å²) in [5.74, 6) is 5.62. The largest absolute Gasteiger partial charge is 0.480 e. The van der Waals surface area contributed by atoms with Crippen molar-refractivity contribution < 1.29 is 9.90 Å². The van der Waals surface area contributed by atoms with Crippen molar-refractivity contribution in [1.29, 1.82) is 0 Å². The minimum absolute atomic E-state index is 0.428. The highest BCUT2D eigenvalue weighted by atomic mass is 16.4. The summed E-state index contributed by atoms with van der Waals surface area (Å²) in [4.78, 5) is 13.8. The van der Waals surface area contributed by atoms with Crippen molar-refractivity contribution in [2.45, 2.75) is 37.9 Å². The van der Waals surface area contributed by atoms with Crippen LogP contribution >= 0.6 is 0 Å². The predicted molar refractivity (Wildman–Crippen MR) is 106 cm³/mol. The molecule has 1 fully saturated rings. The van der Waals surface area contributed by atoms with Crippen LogP contribution < -0.4 is 5.32 Å². The Balaban J connectivity index is 1.56. The van der Waals surface area contributed by atoms with Gasteiger partial charge in [-0.3, -0.25) is 4.90 Å². The second kappa shape index (κ2) is 9.40. The van der Waals surface area contributed by atoms with E-state index in [0.717, 1.165) is 24.2 Å². The summed E-state index contributed by atoms with van der Waals surface area (Å²) in [6.07, 6.45) is 8.17. The number of carboxylic acid groups (broad SMARTS) is 1. The third kappa shape index (κ3) is 5.46. The molecule has 1 unspecified atom stereocenters. The van der Waals surface area contributed by atoms with Crippen molar-refractivity contribution in [3.63, 3.8) is 0 Å². The Morgan fingerprint density at radius 1 is 1.30 bits per heavy atom. The highest BCUT2D eigenvalue weighted by Crippen LogP contribution is 2.16. The SMILES string of the molecule is CN(CC#Cc1ccc(C[C@@H](C(=O)O)n2cccc2)cc1)C1CCCCN1. The smallest absolute Gasteiger partial charge is 0.327 e. The number of rotatable bonds is 6. The van der Waals surface area contributed by atoms with Gasteiger partial charge in [0.15, 0.2) is 0 Å². The molecule has 27 heavy (non-hydrogen) atoms. The lowest BCUT2D eigenvalue weighted by Crippen LogP contribution is -2.46. The minimum atomic E-state index is -0.825. The van der Waals surface area contributed by atoms with Gasteiger partial charge in [0.25, 0.3) is 0 Å². The molecule has 142 valence electrons. The minimum Gasteiger partial charge on any atom is -0.480 e. The number of hydrogen-bond donors (Lipinski definition) is 2. The quantitative estimate of drug-likeness (QED) is 0.773. The third-order valence-corrected chi connectivity index (χ3v) is 5.03. The van der Waals surface area contributed by atoms with Crippen molar-refractivity contribution >= 4 is 5.97 Å². The lowest BCUT2D eigenvalue weighted by molar-refractivity contribution is -0.140. The molecule has 1 aliphatic rings. The fourth-order valence-electron chi connectivity index (χ4n) is 3.41. The van der Waals surface area contributed by atoms with Crippen LogP contribution in [0.2, 0.25) is 0 Å². The first-order valence-corrected chi connectivity index (χ1v) is 9.50. The molecule has 0 radical (unpaired) electrons. The maximum Gasteiger partial charge on any atom is 0.327 e. The van der Waals surface area contributed by atoms with Crippen LogP contribution in [0.25, 0.3) is 0 Å². The Morgan fingerprint density at radius 2 is 2.04 bits per heavy atom. The van der Waals surface area contributed by atoms with Gasteiger partial charge in [0, 0.05) is 24.4 Å². The van der Waals surface area contributed by atoms with Gasteiger partial charge in [0.2, 0.25) is 0 Å². The molecule has 5 heteroatoms. The summed E-state index contributed by atoms with van der Waals surface area (Å²) in [6, 6.07) is 11.0. The Kier molecular flexibility index (Phi) is 6.69. The van der Waals surface area contributed by atoms with E-state index < -0.39 is 12.0 Å². The molecule has 1 aromatic carbocycles. The molecule has 3 rings (SSSR count). The third-order valence-electron chi connectivity index (χ3n) is 5.03. The molecule has 2 aromatic rings. The maximum atomic E-state index is 11.6. The molecule has 5 nitrogen and oxygen atoms in total. The summed E-state index contributed by atoms with van der Waals surface area (Å²) >= 11 is 0. The summed E-state index contributed by atoms with van der Waals surface area (Å²) in [5.41, 5.74) is 1.95. The van der Waals surface area contributed by atoms with E-state index in [0.29, 0.717) is 12.6 Å². The molecule has 2 heterocycles. The van der Waals surface area contributed by atoms with Crippen molar-refractivity contribution in [2.24, 2.45) is 0 Å². The fraction of sp³-hybridized carbons (Fsp3) is 0.409. The highest BCUT2D eigenvalue weighted by molar-refractivity contribution is 5.72. The van der Waals surface area contributed by atoms with Gasteiger partial charge in [-0.05, 0) is 62.7 Å². The van der Waals surface area contributed by atoms with E-state index >= 15 is 0 Å². The van der Waals surface area contributed by atoms with E-state index in [-0.39, 0.29) is 0 Å². The fourth-order valence-corrected chi connectivity index (χ4v) is 3.41. The summed E-state index contributed by atoms with van der Waals surface area (Å²) in [5, 5.41) is 13.0. The molecule has 1 aromatic heterocycles. The van der Waals surface area contributed by atoms with Gasteiger partial charge in [0.1, 0.15) is 6.04 Å². The van der Waals surface area contributed by atoms with Gasteiger partial charge in [-0.25, -0.2) is 4.79 Å². The van der Waals surface area contributed by atoms with Gasteiger partial charge < -0.3 is 15.0 Å². The van der Waals surface area contributed by atoms with Gasteiger partial charge in [-0.15, -0.1) is 0 Å². The number of benzene rings is 1. The second-order valence-electron chi connectivity index (χ2n) is 7.07. The summed E-state index contributed by atoms with van der Waals surface area (Å²) in [6.45, 7) is 1.82. The van der Waals surface area contributed by atoms with Gasteiger partial charge in [-0.1, -0.05) is 24.0 Å². The van der Waals surface area contributed by atoms with E-state index in [9.17, 15) is 9.90 Å². The molecular formula is C22H27N3O2. The Hall–Kier alpha value is -2.55. The molecule has 1 saturated heterocycles. The number of piperidine rings is 1. The molecule has 0 saturated carbocycles. The number of aliphatic carboxylic acids is 1. The Labute approximate surface area is 161 Å². The van der Waals surface area contributed by atoms with Gasteiger partial charge in [0.05, 0.1) is 12.7 Å². The topological polar surface area (TPSA) is 57.5 Å². The first-order chi connectivity index (χ1) is 13.1. The molecule has 2 N–H and O–H groups in total. The molecule has 0 bridgehead atoms. The van der Waals surface area contributed by atoms with Crippen LogP contribution in [0.1, 0.15) is 36.4 Å². The number of carbonyl (C=O) groups is 1. The number of hydrogen-bond acceptors (Lipinski definition) is 3. The van der Waals surface area contributed by atoms with Crippen LogP contribution in [0.5, 0.6) is 0 Å². The van der Waals surface area contributed by atoms with E-state index in [1.54, 1.807) is 17.0 Å².